The van der Waals surface area contributed by atoms with Crippen LogP contribution in [0.4, 0.5) is 0 Å². The normalized spacial score (nSPS) is 14.9. The highest BCUT2D eigenvalue weighted by molar-refractivity contribution is 5.56. The third-order valence-electron chi connectivity index (χ3n) is 2.59. The van der Waals surface area contributed by atoms with Crippen LogP contribution in [0.25, 0.3) is 11.3 Å². The molecule has 0 fully saturated rings. The van der Waals surface area contributed by atoms with Crippen LogP contribution in [0.2, 0.25) is 0 Å². The van der Waals surface area contributed by atoms with E-state index < -0.39 is 0 Å². The van der Waals surface area contributed by atoms with Gasteiger partial charge in [-0.05, 0) is 0 Å². The Kier molecular flexibility index (Phi) is 1.96. The van der Waals surface area contributed by atoms with Crippen molar-refractivity contribution >= 4 is 0 Å². The SMILES string of the molecule is c1ncc(-c2cnc3n2CCNC3)cn1. The molecule has 0 atom stereocenters. The number of nitrogens with zero attached hydrogens (tertiary/aromatic N) is 4. The van der Waals surface area contributed by atoms with E-state index in [-0.39, 0.29) is 0 Å². The van der Waals surface area contributed by atoms with E-state index in [9.17, 15) is 0 Å². The van der Waals surface area contributed by atoms with E-state index in [4.69, 9.17) is 0 Å². The molecule has 3 rings (SSSR count). The van der Waals surface area contributed by atoms with Crippen molar-refractivity contribution in [1.29, 1.82) is 0 Å². The molecule has 0 amide bonds. The molecule has 0 aliphatic carbocycles. The highest BCUT2D eigenvalue weighted by Crippen LogP contribution is 2.20. The van der Waals surface area contributed by atoms with E-state index in [0.717, 1.165) is 36.7 Å². The van der Waals surface area contributed by atoms with Gasteiger partial charge in [0.2, 0.25) is 0 Å². The Morgan fingerprint density at radius 2 is 2.07 bits per heavy atom. The fraction of sp³-hybridized carbons (Fsp3) is 0.300. The highest BCUT2D eigenvalue weighted by atomic mass is 15.2. The fourth-order valence-corrected chi connectivity index (χ4v) is 1.86. The van der Waals surface area contributed by atoms with Crippen LogP contribution in [0.5, 0.6) is 0 Å². The summed E-state index contributed by atoms with van der Waals surface area (Å²) in [6.07, 6.45) is 7.07. The molecule has 5 heteroatoms. The topological polar surface area (TPSA) is 55.6 Å². The number of rotatable bonds is 1. The lowest BCUT2D eigenvalue weighted by molar-refractivity contribution is 0.508. The fourth-order valence-electron chi connectivity index (χ4n) is 1.86. The summed E-state index contributed by atoms with van der Waals surface area (Å²) in [7, 11) is 0. The van der Waals surface area contributed by atoms with Gasteiger partial charge in [-0.15, -0.1) is 0 Å². The van der Waals surface area contributed by atoms with Crippen molar-refractivity contribution in [3.05, 3.63) is 30.7 Å². The zero-order chi connectivity index (χ0) is 10.1. The van der Waals surface area contributed by atoms with Crippen molar-refractivity contribution < 1.29 is 0 Å². The molecule has 0 saturated carbocycles. The monoisotopic (exact) mass is 201 g/mol. The molecule has 0 saturated heterocycles. The molecule has 2 aromatic heterocycles. The van der Waals surface area contributed by atoms with E-state index in [1.165, 1.54) is 0 Å². The second-order valence-corrected chi connectivity index (χ2v) is 3.52. The maximum absolute atomic E-state index is 4.38. The Morgan fingerprint density at radius 3 is 2.93 bits per heavy atom. The van der Waals surface area contributed by atoms with Crippen LogP contribution < -0.4 is 5.32 Å². The standard InChI is InChI=1S/C10H11N5/c1-2-15-9(5-14-10(15)6-11-1)8-3-12-7-13-4-8/h3-5,7,11H,1-2,6H2. The zero-order valence-corrected chi connectivity index (χ0v) is 8.22. The molecule has 0 unspecified atom stereocenters. The second-order valence-electron chi connectivity index (χ2n) is 3.52. The van der Waals surface area contributed by atoms with Crippen molar-refractivity contribution in [2.45, 2.75) is 13.1 Å². The van der Waals surface area contributed by atoms with Gasteiger partial charge < -0.3 is 9.88 Å². The van der Waals surface area contributed by atoms with E-state index in [1.807, 2.05) is 18.6 Å². The first-order valence-corrected chi connectivity index (χ1v) is 4.95. The first-order chi connectivity index (χ1) is 7.45. The molecule has 1 N–H and O–H groups in total. The summed E-state index contributed by atoms with van der Waals surface area (Å²) < 4.78 is 2.22. The minimum atomic E-state index is 0.841. The predicted molar refractivity (Wildman–Crippen MR) is 55.0 cm³/mol. The Hall–Kier alpha value is -1.75. The van der Waals surface area contributed by atoms with E-state index in [0.29, 0.717) is 0 Å². The van der Waals surface area contributed by atoms with Crippen LogP contribution in [0.3, 0.4) is 0 Å². The second kappa shape index (κ2) is 3.43. The minimum absolute atomic E-state index is 0.841. The van der Waals surface area contributed by atoms with Gasteiger partial charge in [0.1, 0.15) is 12.2 Å². The number of hydrogen-bond acceptors (Lipinski definition) is 4. The van der Waals surface area contributed by atoms with Gasteiger partial charge in [0, 0.05) is 31.0 Å². The first kappa shape index (κ1) is 8.55. The van der Waals surface area contributed by atoms with E-state index >= 15 is 0 Å². The Balaban J connectivity index is 2.09. The molecule has 2 aromatic rings. The van der Waals surface area contributed by atoms with Crippen molar-refractivity contribution in [3.63, 3.8) is 0 Å². The molecule has 1 aliphatic rings. The summed E-state index contributed by atoms with van der Waals surface area (Å²) in [6.45, 7) is 2.79. The summed E-state index contributed by atoms with van der Waals surface area (Å²) in [5, 5.41) is 3.29. The number of fused-ring (bicyclic) bond motifs is 1. The maximum atomic E-state index is 4.38. The van der Waals surface area contributed by atoms with Gasteiger partial charge >= 0.3 is 0 Å². The molecule has 0 aromatic carbocycles. The number of aromatic nitrogens is 4. The maximum Gasteiger partial charge on any atom is 0.123 e. The summed E-state index contributed by atoms with van der Waals surface area (Å²) in [5.74, 6) is 1.08. The van der Waals surface area contributed by atoms with Crippen LogP contribution in [-0.2, 0) is 13.1 Å². The highest BCUT2D eigenvalue weighted by Gasteiger charge is 2.14. The van der Waals surface area contributed by atoms with E-state index in [1.54, 1.807) is 6.33 Å². The molecule has 3 heterocycles. The molecule has 5 nitrogen and oxygen atoms in total. The van der Waals surface area contributed by atoms with Gasteiger partial charge in [-0.2, -0.15) is 0 Å². The van der Waals surface area contributed by atoms with Crippen molar-refractivity contribution in [2.75, 3.05) is 6.54 Å². The lowest BCUT2D eigenvalue weighted by Gasteiger charge is -2.17. The molecule has 0 bridgehead atoms. The summed E-state index contributed by atoms with van der Waals surface area (Å²) in [4.78, 5) is 12.4. The van der Waals surface area contributed by atoms with Crippen LogP contribution in [0.1, 0.15) is 5.82 Å². The van der Waals surface area contributed by atoms with E-state index in [2.05, 4.69) is 24.8 Å². The molecule has 0 radical (unpaired) electrons. The quantitative estimate of drug-likeness (QED) is 0.727. The first-order valence-electron chi connectivity index (χ1n) is 4.95. The molecular weight excluding hydrogens is 190 g/mol. The van der Waals surface area contributed by atoms with Crippen LogP contribution in [0, 0.1) is 0 Å². The summed E-state index contributed by atoms with van der Waals surface area (Å²) in [6, 6.07) is 0. The summed E-state index contributed by atoms with van der Waals surface area (Å²) >= 11 is 0. The van der Waals surface area contributed by atoms with Crippen LogP contribution >= 0.6 is 0 Å². The predicted octanol–water partition coefficient (Wildman–Crippen LogP) is 0.443. The Morgan fingerprint density at radius 1 is 1.20 bits per heavy atom. The number of hydrogen-bond donors (Lipinski definition) is 1. The molecule has 1 aliphatic heterocycles. The molecule has 15 heavy (non-hydrogen) atoms. The Bertz CT molecular complexity index is 462. The van der Waals surface area contributed by atoms with Gasteiger partial charge in [-0.3, -0.25) is 0 Å². The lowest BCUT2D eigenvalue weighted by atomic mass is 10.2. The van der Waals surface area contributed by atoms with Crippen molar-refractivity contribution in [2.24, 2.45) is 0 Å². The molecule has 0 spiro atoms. The number of nitrogens with one attached hydrogen (secondary N) is 1. The van der Waals surface area contributed by atoms with Gasteiger partial charge in [0.15, 0.2) is 0 Å². The molecular formula is C10H11N5. The average Bonchev–Trinajstić information content (AvgIpc) is 2.74. The minimum Gasteiger partial charge on any atom is -0.326 e. The van der Waals surface area contributed by atoms with Crippen LogP contribution in [-0.4, -0.2) is 26.1 Å². The number of imidazole rings is 1. The smallest absolute Gasteiger partial charge is 0.123 e. The van der Waals surface area contributed by atoms with Gasteiger partial charge in [-0.25, -0.2) is 15.0 Å². The largest absolute Gasteiger partial charge is 0.326 e. The zero-order valence-electron chi connectivity index (χ0n) is 8.22. The van der Waals surface area contributed by atoms with Crippen LogP contribution in [0.15, 0.2) is 24.9 Å². The van der Waals surface area contributed by atoms with Gasteiger partial charge in [-0.1, -0.05) is 0 Å². The van der Waals surface area contributed by atoms with Crippen molar-refractivity contribution in [3.8, 4) is 11.3 Å². The lowest BCUT2D eigenvalue weighted by Crippen LogP contribution is -2.28. The van der Waals surface area contributed by atoms with Gasteiger partial charge in [0.05, 0.1) is 18.4 Å². The third kappa shape index (κ3) is 1.41. The summed E-state index contributed by atoms with van der Waals surface area (Å²) in [5.41, 5.74) is 2.13. The van der Waals surface area contributed by atoms with Crippen molar-refractivity contribution in [1.82, 2.24) is 24.8 Å². The molecule has 76 valence electrons. The van der Waals surface area contributed by atoms with Gasteiger partial charge in [0.25, 0.3) is 0 Å². The Labute approximate surface area is 87.2 Å². The average molecular weight is 201 g/mol. The third-order valence-corrected chi connectivity index (χ3v) is 2.59.